The fourth-order valence-corrected chi connectivity index (χ4v) is 10.4. The van der Waals surface area contributed by atoms with Crippen LogP contribution in [-0.4, -0.2) is 21.9 Å². The molecule has 0 heterocycles. The van der Waals surface area contributed by atoms with Crippen LogP contribution in [0.1, 0.15) is 120 Å². The Bertz CT molecular complexity index is 765. The predicted molar refractivity (Wildman–Crippen MR) is 139 cm³/mol. The van der Waals surface area contributed by atoms with Gasteiger partial charge in [0.05, 0.1) is 11.7 Å². The summed E-state index contributed by atoms with van der Waals surface area (Å²) in [7, 11) is 0. The summed E-state index contributed by atoms with van der Waals surface area (Å²) in [5.74, 6) is 2.90. The first-order valence-electron chi connectivity index (χ1n) is 14.2. The highest BCUT2D eigenvalue weighted by molar-refractivity contribution is 5.18. The first-order chi connectivity index (χ1) is 15.1. The molecule has 4 aliphatic carbocycles. The van der Waals surface area contributed by atoms with Crippen LogP contribution in [0.3, 0.4) is 0 Å². The van der Waals surface area contributed by atoms with E-state index in [-0.39, 0.29) is 11.5 Å². The van der Waals surface area contributed by atoms with Gasteiger partial charge in [-0.1, -0.05) is 60.6 Å². The molecule has 0 saturated heterocycles. The Morgan fingerprint density at radius 2 is 1.55 bits per heavy atom. The molecule has 0 bridgehead atoms. The molecule has 0 unspecified atom stereocenters. The van der Waals surface area contributed by atoms with E-state index in [0.717, 1.165) is 25.2 Å². The summed E-state index contributed by atoms with van der Waals surface area (Å²) in [6.07, 6.45) is 11.4. The molecule has 0 aromatic heterocycles. The van der Waals surface area contributed by atoms with Crippen LogP contribution in [0.2, 0.25) is 0 Å². The van der Waals surface area contributed by atoms with Gasteiger partial charge in [0, 0.05) is 0 Å². The minimum Gasteiger partial charge on any atom is -0.393 e. The van der Waals surface area contributed by atoms with Crippen molar-refractivity contribution < 1.29 is 10.2 Å². The highest BCUT2D eigenvalue weighted by Crippen LogP contribution is 2.75. The molecule has 0 aromatic carbocycles. The SMILES string of the molecule is C=C(CC[C@@](C)(O)[C@H]1CC[C@@]2(C)[C@@H]1CC[C@H]1[C@]3(C)CC[C@H](O)C(C)(C)[C@H]3CC[C@@]12C)C(C)C. The molecule has 0 aromatic rings. The van der Waals surface area contributed by atoms with Crippen LogP contribution in [0.15, 0.2) is 12.2 Å². The summed E-state index contributed by atoms with van der Waals surface area (Å²) >= 11 is 0. The second-order valence-corrected chi connectivity index (χ2v) is 14.9. The van der Waals surface area contributed by atoms with Gasteiger partial charge in [0.2, 0.25) is 0 Å². The van der Waals surface area contributed by atoms with Crippen LogP contribution >= 0.6 is 0 Å². The van der Waals surface area contributed by atoms with Gasteiger partial charge in [0.25, 0.3) is 0 Å². The quantitative estimate of drug-likeness (QED) is 0.413. The second kappa shape index (κ2) is 8.09. The normalized spacial score (nSPS) is 48.5. The van der Waals surface area contributed by atoms with Gasteiger partial charge in [0.1, 0.15) is 0 Å². The molecule has 4 saturated carbocycles. The van der Waals surface area contributed by atoms with Crippen molar-refractivity contribution in [3.8, 4) is 0 Å². The lowest BCUT2D eigenvalue weighted by Crippen LogP contribution is -2.64. The van der Waals surface area contributed by atoms with Gasteiger partial charge >= 0.3 is 0 Å². The van der Waals surface area contributed by atoms with E-state index in [0.29, 0.717) is 39.9 Å². The molecule has 0 aliphatic heterocycles. The van der Waals surface area contributed by atoms with Gasteiger partial charge < -0.3 is 10.2 Å². The minimum absolute atomic E-state index is 0.0206. The number of aliphatic hydroxyl groups excluding tert-OH is 1. The monoisotopic (exact) mass is 458 g/mol. The fourth-order valence-electron chi connectivity index (χ4n) is 10.4. The minimum atomic E-state index is -0.596. The number of allylic oxidation sites excluding steroid dienone is 1. The lowest BCUT2D eigenvalue weighted by Gasteiger charge is -2.70. The van der Waals surface area contributed by atoms with Crippen LogP contribution in [0.25, 0.3) is 0 Å². The molecular formula is C31H54O2. The summed E-state index contributed by atoms with van der Waals surface area (Å²) in [4.78, 5) is 0. The van der Waals surface area contributed by atoms with Crippen LogP contribution in [0.4, 0.5) is 0 Å². The van der Waals surface area contributed by atoms with Crippen molar-refractivity contribution in [2.75, 3.05) is 0 Å². The second-order valence-electron chi connectivity index (χ2n) is 14.9. The van der Waals surface area contributed by atoms with Gasteiger partial charge in [-0.05, 0) is 122 Å². The van der Waals surface area contributed by atoms with E-state index in [1.807, 2.05) is 0 Å². The van der Waals surface area contributed by atoms with E-state index >= 15 is 0 Å². The Morgan fingerprint density at radius 1 is 0.909 bits per heavy atom. The molecule has 4 rings (SSSR count). The van der Waals surface area contributed by atoms with Crippen molar-refractivity contribution in [1.29, 1.82) is 0 Å². The number of hydrogen-bond donors (Lipinski definition) is 2. The highest BCUT2D eigenvalue weighted by Gasteiger charge is 2.69. The van der Waals surface area contributed by atoms with Gasteiger partial charge in [0.15, 0.2) is 0 Å². The first kappa shape index (κ1) is 25.7. The molecule has 0 radical (unpaired) electrons. The Kier molecular flexibility index (Phi) is 6.31. The third-order valence-electron chi connectivity index (χ3n) is 12.9. The van der Waals surface area contributed by atoms with Crippen molar-refractivity contribution in [3.05, 3.63) is 12.2 Å². The zero-order valence-corrected chi connectivity index (χ0v) is 23.1. The Morgan fingerprint density at radius 3 is 2.18 bits per heavy atom. The molecule has 2 N–H and O–H groups in total. The van der Waals surface area contributed by atoms with Crippen LogP contribution in [-0.2, 0) is 0 Å². The summed E-state index contributed by atoms with van der Waals surface area (Å²) in [6.45, 7) is 23.4. The van der Waals surface area contributed by atoms with Crippen molar-refractivity contribution >= 4 is 0 Å². The topological polar surface area (TPSA) is 40.5 Å². The summed E-state index contributed by atoms with van der Waals surface area (Å²) in [5.41, 5.74) is 1.69. The Balaban J connectivity index is 1.59. The van der Waals surface area contributed by atoms with Crippen molar-refractivity contribution in [1.82, 2.24) is 0 Å². The number of fused-ring (bicyclic) bond motifs is 5. The van der Waals surface area contributed by atoms with Crippen LogP contribution in [0, 0.1) is 51.2 Å². The van der Waals surface area contributed by atoms with Gasteiger partial charge in [-0.15, -0.1) is 0 Å². The van der Waals surface area contributed by atoms with E-state index in [1.165, 1.54) is 50.5 Å². The Labute approximate surface area is 205 Å². The number of rotatable bonds is 5. The van der Waals surface area contributed by atoms with E-state index in [1.54, 1.807) is 0 Å². The maximum Gasteiger partial charge on any atom is 0.0653 e. The lowest BCUT2D eigenvalue weighted by molar-refractivity contribution is -0.225. The molecule has 4 aliphatic rings. The molecule has 0 amide bonds. The predicted octanol–water partition coefficient (Wildman–Crippen LogP) is 7.78. The first-order valence-corrected chi connectivity index (χ1v) is 14.2. The van der Waals surface area contributed by atoms with Gasteiger partial charge in [-0.3, -0.25) is 0 Å². The summed E-state index contributed by atoms with van der Waals surface area (Å²) in [6, 6.07) is 0. The lowest BCUT2D eigenvalue weighted by atomic mass is 9.35. The maximum absolute atomic E-state index is 11.7. The molecule has 9 atom stereocenters. The molecule has 0 spiro atoms. The highest BCUT2D eigenvalue weighted by atomic mass is 16.3. The van der Waals surface area contributed by atoms with E-state index in [4.69, 9.17) is 0 Å². The number of hydrogen-bond acceptors (Lipinski definition) is 2. The zero-order chi connectivity index (χ0) is 24.6. The van der Waals surface area contributed by atoms with Crippen LogP contribution in [0.5, 0.6) is 0 Å². The molecule has 4 fully saturated rings. The largest absolute Gasteiger partial charge is 0.393 e. The molecule has 190 valence electrons. The van der Waals surface area contributed by atoms with Gasteiger partial charge in [-0.2, -0.15) is 0 Å². The van der Waals surface area contributed by atoms with E-state index < -0.39 is 5.60 Å². The van der Waals surface area contributed by atoms with E-state index in [2.05, 4.69) is 62.0 Å². The van der Waals surface area contributed by atoms with Crippen molar-refractivity contribution in [3.63, 3.8) is 0 Å². The third-order valence-corrected chi connectivity index (χ3v) is 12.9. The smallest absolute Gasteiger partial charge is 0.0653 e. The van der Waals surface area contributed by atoms with Crippen molar-refractivity contribution in [2.24, 2.45) is 51.2 Å². The molecule has 33 heavy (non-hydrogen) atoms. The Hall–Kier alpha value is -0.340. The number of aliphatic hydroxyl groups is 2. The molecule has 2 nitrogen and oxygen atoms in total. The summed E-state index contributed by atoms with van der Waals surface area (Å²) < 4.78 is 0. The third kappa shape index (κ3) is 3.62. The average molecular weight is 459 g/mol. The maximum atomic E-state index is 11.7. The summed E-state index contributed by atoms with van der Waals surface area (Å²) in [5, 5.41) is 22.6. The molecular weight excluding hydrogens is 404 g/mol. The van der Waals surface area contributed by atoms with Crippen LogP contribution < -0.4 is 0 Å². The molecule has 2 heteroatoms. The van der Waals surface area contributed by atoms with E-state index in [9.17, 15) is 10.2 Å². The zero-order valence-electron chi connectivity index (χ0n) is 23.1. The fraction of sp³-hybridized carbons (Fsp3) is 0.935. The van der Waals surface area contributed by atoms with Crippen molar-refractivity contribution in [2.45, 2.75) is 131 Å². The standard InChI is InChI=1S/C31H54O2/c1-20(2)21(3)12-19-31(9,33)23-13-17-29(7)22(23)10-11-25-28(6)16-15-26(32)27(4,5)24(28)14-18-30(25,29)8/h20,22-26,32-33H,3,10-19H2,1-2,4-9H3/t22-,23+,24-,25+,26+,28-,29+,30+,31-/m1/s1. The van der Waals surface area contributed by atoms with Gasteiger partial charge in [-0.25, -0.2) is 0 Å². The average Bonchev–Trinajstić information content (AvgIpc) is 3.08.